The van der Waals surface area contributed by atoms with Crippen LogP contribution >= 0.6 is 0 Å². The third kappa shape index (κ3) is 3.11. The molecule has 0 N–H and O–H groups in total. The molecule has 0 aliphatic heterocycles. The van der Waals surface area contributed by atoms with E-state index in [4.69, 9.17) is 0 Å². The molecule has 0 amide bonds. The molecule has 0 saturated heterocycles. The maximum absolute atomic E-state index is 11.8. The molecule has 64 valence electrons. The van der Waals surface area contributed by atoms with Gasteiger partial charge >= 0.3 is 6.18 Å². The zero-order valence-corrected chi connectivity index (χ0v) is 6.18. The molecular formula is C9H7F3. The van der Waals surface area contributed by atoms with Crippen LogP contribution in [0.25, 0.3) is 0 Å². The van der Waals surface area contributed by atoms with E-state index in [1.165, 1.54) is 12.1 Å². The minimum Gasteiger partial charge on any atom is -0.166 e. The summed E-state index contributed by atoms with van der Waals surface area (Å²) < 4.78 is 35.4. The first kappa shape index (κ1) is 10.6. The molecule has 1 aromatic rings. The lowest BCUT2D eigenvalue weighted by Gasteiger charge is -2.03. The average Bonchev–Trinajstić information content (AvgIpc) is 2.08. The third-order valence-corrected chi connectivity index (χ3v) is 1.10. The second kappa shape index (κ2) is 4.45. The van der Waals surface area contributed by atoms with Crippen molar-refractivity contribution in [3.8, 4) is 12.8 Å². The van der Waals surface area contributed by atoms with Crippen LogP contribution in [-0.2, 0) is 6.18 Å². The number of hydrogen-bond acceptors (Lipinski definition) is 0. The van der Waals surface area contributed by atoms with Gasteiger partial charge in [-0.25, -0.2) is 0 Å². The fourth-order valence-corrected chi connectivity index (χ4v) is 0.627. The van der Waals surface area contributed by atoms with E-state index < -0.39 is 11.7 Å². The highest BCUT2D eigenvalue weighted by atomic mass is 19.4. The fraction of sp³-hybridized carbons (Fsp3) is 0.111. The Morgan fingerprint density at radius 3 is 1.58 bits per heavy atom. The Morgan fingerprint density at radius 1 is 0.917 bits per heavy atom. The van der Waals surface area contributed by atoms with Gasteiger partial charge in [0.1, 0.15) is 0 Å². The summed E-state index contributed by atoms with van der Waals surface area (Å²) in [5.74, 6) is 0. The van der Waals surface area contributed by atoms with Gasteiger partial charge in [0, 0.05) is 0 Å². The van der Waals surface area contributed by atoms with Crippen molar-refractivity contribution in [3.63, 3.8) is 0 Å². The van der Waals surface area contributed by atoms with Crippen LogP contribution < -0.4 is 0 Å². The van der Waals surface area contributed by atoms with Crippen LogP contribution in [0.4, 0.5) is 13.2 Å². The van der Waals surface area contributed by atoms with E-state index in [9.17, 15) is 13.2 Å². The normalized spacial score (nSPS) is 9.75. The zero-order valence-electron chi connectivity index (χ0n) is 6.18. The summed E-state index contributed by atoms with van der Waals surface area (Å²) in [7, 11) is 0. The second-order valence-corrected chi connectivity index (χ2v) is 1.86. The van der Waals surface area contributed by atoms with Crippen molar-refractivity contribution >= 4 is 0 Å². The van der Waals surface area contributed by atoms with Crippen molar-refractivity contribution in [2.45, 2.75) is 6.18 Å². The predicted molar refractivity (Wildman–Crippen MR) is 41.3 cm³/mol. The first-order valence-electron chi connectivity index (χ1n) is 3.06. The summed E-state index contributed by atoms with van der Waals surface area (Å²) in [6.45, 7) is 0. The lowest BCUT2D eigenvalue weighted by molar-refractivity contribution is -0.137. The predicted octanol–water partition coefficient (Wildman–Crippen LogP) is 2.95. The Kier molecular flexibility index (Phi) is 3.92. The molecule has 3 heteroatoms. The van der Waals surface area contributed by atoms with Gasteiger partial charge < -0.3 is 0 Å². The van der Waals surface area contributed by atoms with Crippen molar-refractivity contribution in [2.75, 3.05) is 0 Å². The Morgan fingerprint density at radius 2 is 1.33 bits per heavy atom. The smallest absolute Gasteiger partial charge is 0.166 e. The molecule has 0 heterocycles. The Hall–Kier alpha value is -1.43. The molecule has 12 heavy (non-hydrogen) atoms. The molecule has 0 aliphatic rings. The molecule has 0 aliphatic carbocycles. The first-order valence-corrected chi connectivity index (χ1v) is 3.06. The highest BCUT2D eigenvalue weighted by Crippen LogP contribution is 2.28. The molecule has 0 nitrogen and oxygen atoms in total. The number of alkyl halides is 3. The first-order chi connectivity index (χ1) is 5.61. The van der Waals surface area contributed by atoms with Crippen LogP contribution in [0.5, 0.6) is 0 Å². The monoisotopic (exact) mass is 172 g/mol. The topological polar surface area (TPSA) is 0 Å². The third-order valence-electron chi connectivity index (χ3n) is 1.10. The van der Waals surface area contributed by atoms with Crippen molar-refractivity contribution in [1.29, 1.82) is 0 Å². The summed E-state index contributed by atoms with van der Waals surface area (Å²) in [5.41, 5.74) is -0.602. The molecule has 0 bridgehead atoms. The van der Waals surface area contributed by atoms with Gasteiger partial charge in [-0.2, -0.15) is 13.2 Å². The molecular weight excluding hydrogens is 165 g/mol. The fourth-order valence-electron chi connectivity index (χ4n) is 0.627. The minimum atomic E-state index is -4.21. The summed E-state index contributed by atoms with van der Waals surface area (Å²) in [4.78, 5) is 0. The summed E-state index contributed by atoms with van der Waals surface area (Å²) >= 11 is 0. The lowest BCUT2D eigenvalue weighted by atomic mass is 10.2. The summed E-state index contributed by atoms with van der Waals surface area (Å²) in [6.07, 6.45) is 3.79. The molecule has 0 saturated carbocycles. The Labute approximate surface area is 69.0 Å². The van der Waals surface area contributed by atoms with E-state index in [1.54, 1.807) is 6.07 Å². The van der Waals surface area contributed by atoms with Gasteiger partial charge in [-0.05, 0) is 0 Å². The van der Waals surface area contributed by atoms with E-state index in [0.29, 0.717) is 0 Å². The van der Waals surface area contributed by atoms with Crippen molar-refractivity contribution in [1.82, 2.24) is 0 Å². The van der Waals surface area contributed by atoms with Crippen molar-refractivity contribution < 1.29 is 13.2 Å². The highest BCUT2D eigenvalue weighted by Gasteiger charge is 2.29. The van der Waals surface area contributed by atoms with Gasteiger partial charge in [0.2, 0.25) is 0 Å². The van der Waals surface area contributed by atoms with Gasteiger partial charge in [0.05, 0.1) is 5.56 Å². The standard InChI is InChI=1S/C7H5F3.C2H2/c8-7(9,10)6-4-2-1-3-5-6;1-2/h1-5H;1-2H. The molecule has 0 aromatic heterocycles. The van der Waals surface area contributed by atoms with E-state index in [1.807, 2.05) is 0 Å². The van der Waals surface area contributed by atoms with Gasteiger partial charge in [-0.1, -0.05) is 30.3 Å². The van der Waals surface area contributed by atoms with Crippen LogP contribution in [0.3, 0.4) is 0 Å². The lowest BCUT2D eigenvalue weighted by Crippen LogP contribution is -2.03. The number of halogens is 3. The van der Waals surface area contributed by atoms with E-state index in [0.717, 1.165) is 12.1 Å². The van der Waals surface area contributed by atoms with Crippen LogP contribution in [-0.4, -0.2) is 0 Å². The molecule has 0 fully saturated rings. The van der Waals surface area contributed by atoms with Gasteiger partial charge in [0.25, 0.3) is 0 Å². The molecule has 1 rings (SSSR count). The van der Waals surface area contributed by atoms with Crippen molar-refractivity contribution in [3.05, 3.63) is 35.9 Å². The molecule has 0 unspecified atom stereocenters. The summed E-state index contributed by atoms with van der Waals surface area (Å²) in [6, 6.07) is 6.36. The van der Waals surface area contributed by atoms with Crippen molar-refractivity contribution in [2.24, 2.45) is 0 Å². The number of terminal acetylenes is 1. The summed E-state index contributed by atoms with van der Waals surface area (Å²) in [5, 5.41) is 0. The maximum Gasteiger partial charge on any atom is 0.416 e. The minimum absolute atomic E-state index is 0.602. The second-order valence-electron chi connectivity index (χ2n) is 1.86. The molecule has 0 radical (unpaired) electrons. The zero-order chi connectivity index (χ0) is 9.61. The van der Waals surface area contributed by atoms with Gasteiger partial charge in [-0.3, -0.25) is 0 Å². The van der Waals surface area contributed by atoms with Gasteiger partial charge in [-0.15, -0.1) is 12.8 Å². The maximum atomic E-state index is 11.8. The van der Waals surface area contributed by atoms with E-state index >= 15 is 0 Å². The molecule has 1 aromatic carbocycles. The number of benzene rings is 1. The Balaban J connectivity index is 0.000000561. The van der Waals surface area contributed by atoms with E-state index in [-0.39, 0.29) is 0 Å². The SMILES string of the molecule is C#C.FC(F)(F)c1ccccc1. The molecule has 0 atom stereocenters. The number of rotatable bonds is 0. The average molecular weight is 172 g/mol. The quantitative estimate of drug-likeness (QED) is 0.528. The van der Waals surface area contributed by atoms with Crippen LogP contribution in [0.2, 0.25) is 0 Å². The number of hydrogen-bond donors (Lipinski definition) is 0. The largest absolute Gasteiger partial charge is 0.416 e. The van der Waals surface area contributed by atoms with Gasteiger partial charge in [0.15, 0.2) is 0 Å². The van der Waals surface area contributed by atoms with Crippen LogP contribution in [0.1, 0.15) is 5.56 Å². The van der Waals surface area contributed by atoms with E-state index in [2.05, 4.69) is 12.8 Å². The highest BCUT2D eigenvalue weighted by molar-refractivity contribution is 5.17. The molecule has 0 spiro atoms. The Bertz CT molecular complexity index is 233. The van der Waals surface area contributed by atoms with Crippen LogP contribution in [0, 0.1) is 12.8 Å². The van der Waals surface area contributed by atoms with Crippen LogP contribution in [0.15, 0.2) is 30.3 Å².